The second-order valence-electron chi connectivity index (χ2n) is 4.28. The zero-order valence-electron chi connectivity index (χ0n) is 10.7. The van der Waals surface area contributed by atoms with Crippen LogP contribution < -0.4 is 5.49 Å². The number of fused-ring (bicyclic) bond motifs is 1. The van der Waals surface area contributed by atoms with E-state index < -0.39 is 31.1 Å². The number of nitrogens with zero attached hydrogens (tertiary/aromatic N) is 3. The minimum Gasteiger partial charge on any atom is -0.394 e. The van der Waals surface area contributed by atoms with Gasteiger partial charge in [-0.25, -0.2) is 9.97 Å². The summed E-state index contributed by atoms with van der Waals surface area (Å²) in [6, 6.07) is 0. The molecule has 2 aromatic heterocycles. The van der Waals surface area contributed by atoms with E-state index in [-0.39, 0.29) is 16.7 Å². The van der Waals surface area contributed by atoms with Crippen LogP contribution in [0.15, 0.2) is 12.7 Å². The lowest BCUT2D eigenvalue weighted by atomic mass is 10.1. The average molecular weight is 268 g/mol. The van der Waals surface area contributed by atoms with Gasteiger partial charge >= 0.3 is 0 Å². The minimum atomic E-state index is -1.25. The number of imidazole rings is 1. The highest BCUT2D eigenvalue weighted by Gasteiger charge is 2.43. The lowest BCUT2D eigenvalue weighted by Crippen LogP contribution is -2.33. The smallest absolute Gasteiger partial charge is 0.169 e. The molecule has 3 rings (SSSR count). The molecule has 1 aliphatic heterocycles. The Morgan fingerprint density at radius 1 is 1.47 bits per heavy atom. The second kappa shape index (κ2) is 4.38. The molecule has 4 atom stereocenters. The van der Waals surface area contributed by atoms with Crippen molar-refractivity contribution in [3.8, 4) is 0 Å². The number of hydrogen-bond donors (Lipinski definition) is 5. The number of aromatic nitrogens is 4. The summed E-state index contributed by atoms with van der Waals surface area (Å²) in [5.74, 6) is 0. The molecule has 0 bridgehead atoms. The van der Waals surface area contributed by atoms with Gasteiger partial charge in [0.15, 0.2) is 18.8 Å². The Morgan fingerprint density at radius 2 is 2.26 bits per heavy atom. The summed E-state index contributed by atoms with van der Waals surface area (Å²) in [6.45, 7) is -0.425. The maximum atomic E-state index is 9.96. The molecule has 0 amide bonds. The first-order chi connectivity index (χ1) is 9.54. The molecule has 1 saturated heterocycles. The highest BCUT2D eigenvalue weighted by Crippen LogP contribution is 2.30. The number of aliphatic hydroxyl groups is 3. The van der Waals surface area contributed by atoms with E-state index in [0.29, 0.717) is 0 Å². The first kappa shape index (κ1) is 11.1. The Bertz CT molecular complexity index is 701. The number of hydrogen-bond acceptors (Lipinski definition) is 7. The SMILES string of the molecule is [2H]n1cnc2c(ncn2[C@@H]2O[C@H](CO)[C@@H](O)[C@H]2O)c1=N. The van der Waals surface area contributed by atoms with Crippen LogP contribution in [-0.4, -0.2) is 59.8 Å². The van der Waals surface area contributed by atoms with Gasteiger partial charge in [-0.3, -0.25) is 9.98 Å². The zero-order chi connectivity index (χ0) is 14.4. The molecule has 0 aromatic carbocycles. The lowest BCUT2D eigenvalue weighted by Gasteiger charge is -2.16. The maximum absolute atomic E-state index is 9.96. The Labute approximate surface area is 108 Å². The molecular weight excluding hydrogens is 254 g/mol. The van der Waals surface area contributed by atoms with Crippen LogP contribution in [-0.2, 0) is 4.74 Å². The van der Waals surface area contributed by atoms with E-state index in [9.17, 15) is 10.2 Å². The molecule has 102 valence electrons. The van der Waals surface area contributed by atoms with Crippen molar-refractivity contribution >= 4 is 11.2 Å². The van der Waals surface area contributed by atoms with Crippen LogP contribution in [0.5, 0.6) is 0 Å². The predicted octanol–water partition coefficient (Wildman–Crippen LogP) is -2.15. The highest BCUT2D eigenvalue weighted by molar-refractivity contribution is 5.68. The van der Waals surface area contributed by atoms with Crippen molar-refractivity contribution in [3.63, 3.8) is 0 Å². The van der Waals surface area contributed by atoms with Crippen LogP contribution in [0.3, 0.4) is 0 Å². The lowest BCUT2D eigenvalue weighted by molar-refractivity contribution is -0.0511. The van der Waals surface area contributed by atoms with Gasteiger partial charge in [-0.2, -0.15) is 0 Å². The van der Waals surface area contributed by atoms with E-state index >= 15 is 0 Å². The minimum absolute atomic E-state index is 0.152. The van der Waals surface area contributed by atoms with Gasteiger partial charge in [0.25, 0.3) is 0 Å². The number of H-pyrrole nitrogens is 1. The Balaban J connectivity index is 2.08. The number of aromatic amines is 1. The fourth-order valence-electron chi connectivity index (χ4n) is 2.15. The second-order valence-corrected chi connectivity index (χ2v) is 4.28. The number of rotatable bonds is 2. The molecule has 2 aromatic rings. The summed E-state index contributed by atoms with van der Waals surface area (Å²) in [5.41, 5.74) is 0.286. The molecule has 0 saturated carbocycles. The third kappa shape index (κ3) is 1.75. The molecule has 0 radical (unpaired) electrons. The molecule has 0 unspecified atom stereocenters. The van der Waals surface area contributed by atoms with Crippen molar-refractivity contribution in [2.75, 3.05) is 6.61 Å². The monoisotopic (exact) mass is 268 g/mol. The molecule has 1 fully saturated rings. The summed E-state index contributed by atoms with van der Waals surface area (Å²) in [6.07, 6.45) is -1.87. The average Bonchev–Trinajstić information content (AvgIpc) is 2.98. The van der Waals surface area contributed by atoms with Gasteiger partial charge in [0.2, 0.25) is 0 Å². The molecular formula is C10H13N5O4. The van der Waals surface area contributed by atoms with Gasteiger partial charge in [-0.1, -0.05) is 0 Å². The molecule has 5 N–H and O–H groups in total. The number of ether oxygens (including phenoxy) is 1. The Hall–Kier alpha value is -1.81. The number of aliphatic hydroxyl groups excluding tert-OH is 3. The summed E-state index contributed by atoms with van der Waals surface area (Å²) in [7, 11) is 0. The van der Waals surface area contributed by atoms with E-state index in [1.54, 1.807) is 0 Å². The predicted molar refractivity (Wildman–Crippen MR) is 60.7 cm³/mol. The number of nitrogens with one attached hydrogen (secondary N) is 2. The normalized spacial score (nSPS) is 31.8. The first-order valence-corrected chi connectivity index (χ1v) is 5.65. The third-order valence-electron chi connectivity index (χ3n) is 3.15. The van der Waals surface area contributed by atoms with Crippen molar-refractivity contribution in [3.05, 3.63) is 18.1 Å². The van der Waals surface area contributed by atoms with Crippen LogP contribution in [0.1, 0.15) is 6.23 Å². The van der Waals surface area contributed by atoms with Gasteiger partial charge in [0.1, 0.15) is 23.8 Å². The molecule has 3 heterocycles. The highest BCUT2D eigenvalue weighted by atomic mass is 16.6. The molecule has 0 spiro atoms. The van der Waals surface area contributed by atoms with Gasteiger partial charge in [0, 0.05) is 0 Å². The summed E-state index contributed by atoms with van der Waals surface area (Å²) in [5, 5.41) is 36.5. The third-order valence-corrected chi connectivity index (χ3v) is 3.15. The topological polar surface area (TPSA) is 140 Å². The summed E-state index contributed by atoms with van der Waals surface area (Å²) >= 11 is 0. The van der Waals surface area contributed by atoms with E-state index in [0.717, 1.165) is 11.3 Å². The van der Waals surface area contributed by atoms with Crippen molar-refractivity contribution in [1.29, 1.82) is 5.41 Å². The standard InChI is InChI=1S/C10H13N5O4/c11-8-5-9(13-2-12-8)15(3-14-5)10-7(18)6(17)4(1-16)19-10/h2-4,6-7,10,16-18H,1H2,(H2,11,12,13)/t4-,6-,7-,10-/m1/s1/i/hD. The van der Waals surface area contributed by atoms with Crippen LogP contribution >= 0.6 is 0 Å². The first-order valence-electron chi connectivity index (χ1n) is 6.09. The molecule has 9 nitrogen and oxygen atoms in total. The Morgan fingerprint density at radius 3 is 2.95 bits per heavy atom. The van der Waals surface area contributed by atoms with E-state index in [1.807, 2.05) is 0 Å². The van der Waals surface area contributed by atoms with E-state index in [2.05, 4.69) is 9.97 Å². The van der Waals surface area contributed by atoms with Gasteiger partial charge in [0.05, 0.1) is 19.3 Å². The van der Waals surface area contributed by atoms with Crippen LogP contribution in [0.4, 0.5) is 0 Å². The van der Waals surface area contributed by atoms with E-state index in [1.165, 1.54) is 10.9 Å². The van der Waals surface area contributed by atoms with E-state index in [4.69, 9.17) is 16.7 Å². The van der Waals surface area contributed by atoms with Gasteiger partial charge < -0.3 is 25.0 Å². The molecule has 19 heavy (non-hydrogen) atoms. The largest absolute Gasteiger partial charge is 0.394 e. The fraction of sp³-hybridized carbons (Fsp3) is 0.500. The van der Waals surface area contributed by atoms with Crippen molar-refractivity contribution < 1.29 is 21.5 Å². The van der Waals surface area contributed by atoms with Crippen molar-refractivity contribution in [2.45, 2.75) is 24.5 Å². The summed E-state index contributed by atoms with van der Waals surface area (Å²) in [4.78, 5) is 8.71. The van der Waals surface area contributed by atoms with Gasteiger partial charge in [-0.15, -0.1) is 0 Å². The quantitative estimate of drug-likeness (QED) is 0.420. The molecule has 1 aliphatic rings. The molecule has 9 heteroatoms. The van der Waals surface area contributed by atoms with Crippen LogP contribution in [0, 0.1) is 5.41 Å². The van der Waals surface area contributed by atoms with Crippen molar-refractivity contribution in [2.24, 2.45) is 0 Å². The summed E-state index contributed by atoms with van der Waals surface area (Å²) < 4.78 is 14.2. The van der Waals surface area contributed by atoms with Crippen molar-refractivity contribution in [1.82, 2.24) is 19.5 Å². The zero-order valence-corrected chi connectivity index (χ0v) is 9.71. The Kier molecular flexibility index (Phi) is 2.55. The fourth-order valence-corrected chi connectivity index (χ4v) is 2.15. The van der Waals surface area contributed by atoms with Crippen LogP contribution in [0.25, 0.3) is 11.2 Å². The maximum Gasteiger partial charge on any atom is 0.169 e. The molecule has 0 aliphatic carbocycles. The van der Waals surface area contributed by atoms with Gasteiger partial charge in [-0.05, 0) is 0 Å². The van der Waals surface area contributed by atoms with Crippen LogP contribution in [0.2, 0.25) is 1.41 Å².